The molecule has 0 spiro atoms. The second-order valence-electron chi connectivity index (χ2n) is 6.86. The molecule has 0 radical (unpaired) electrons. The molecule has 4 aromatic rings. The Bertz CT molecular complexity index is 1320. The number of hydrogen-bond donors (Lipinski definition) is 0. The molecule has 4 rings (SSSR count). The van der Waals surface area contributed by atoms with Crippen LogP contribution in [0.4, 0.5) is 11.4 Å². The van der Waals surface area contributed by atoms with E-state index in [1.165, 1.54) is 17.8 Å². The van der Waals surface area contributed by atoms with Crippen molar-refractivity contribution in [1.29, 1.82) is 0 Å². The lowest BCUT2D eigenvalue weighted by atomic mass is 10.0. The second-order valence-corrected chi connectivity index (χ2v) is 7.81. The zero-order chi connectivity index (χ0) is 23.9. The maximum absolute atomic E-state index is 11.3. The highest BCUT2D eigenvalue weighted by atomic mass is 32.2. The van der Waals surface area contributed by atoms with Gasteiger partial charge in [-0.1, -0.05) is 48.2 Å². The number of rotatable bonds is 9. The van der Waals surface area contributed by atoms with Crippen LogP contribution in [-0.4, -0.2) is 20.8 Å². The molecule has 0 amide bonds. The molecule has 34 heavy (non-hydrogen) atoms. The van der Waals surface area contributed by atoms with E-state index >= 15 is 0 Å². The van der Waals surface area contributed by atoms with Crippen LogP contribution < -0.4 is 9.47 Å². The zero-order valence-electron chi connectivity index (χ0n) is 17.6. The molecule has 1 aromatic heterocycles. The van der Waals surface area contributed by atoms with Crippen molar-refractivity contribution in [3.05, 3.63) is 111 Å². The average Bonchev–Trinajstić information content (AvgIpc) is 2.85. The summed E-state index contributed by atoms with van der Waals surface area (Å²) in [6, 6.07) is 23.5. The first-order valence-corrected chi connectivity index (χ1v) is 11.0. The van der Waals surface area contributed by atoms with Gasteiger partial charge in [0.25, 0.3) is 5.69 Å². The van der Waals surface area contributed by atoms with Crippen LogP contribution >= 0.6 is 11.8 Å². The van der Waals surface area contributed by atoms with Crippen LogP contribution in [-0.2, 0) is 0 Å². The fourth-order valence-corrected chi connectivity index (χ4v) is 3.71. The first kappa shape index (κ1) is 22.7. The van der Waals surface area contributed by atoms with Crippen LogP contribution in [0.25, 0.3) is 11.1 Å². The van der Waals surface area contributed by atoms with Crippen molar-refractivity contribution in [1.82, 2.24) is 4.98 Å². The van der Waals surface area contributed by atoms with E-state index in [0.717, 1.165) is 28.3 Å². The standard InChI is InChI=1S/C24H17N3O6S/c28-26(29)18-10-13-23(21(15-18)27(30)31)33-19-11-8-17(9-12-19)20-5-1-2-6-22(20)32-16-34-24-7-3-4-14-25-24/h1-15H,16H2. The molecule has 9 nitrogen and oxygen atoms in total. The Kier molecular flexibility index (Phi) is 6.99. The molecule has 0 bridgehead atoms. The number of thioether (sulfide) groups is 1. The molecule has 170 valence electrons. The van der Waals surface area contributed by atoms with E-state index in [1.807, 2.05) is 42.5 Å². The number of pyridine rings is 1. The molecule has 1 heterocycles. The molecule has 0 saturated heterocycles. The highest BCUT2D eigenvalue weighted by Gasteiger charge is 2.21. The predicted octanol–water partition coefficient (Wildman–Crippen LogP) is 6.49. The van der Waals surface area contributed by atoms with Crippen LogP contribution in [0.5, 0.6) is 17.2 Å². The van der Waals surface area contributed by atoms with Gasteiger partial charge in [0.1, 0.15) is 17.4 Å². The Hall–Kier alpha value is -4.44. The van der Waals surface area contributed by atoms with Crippen molar-refractivity contribution in [3.63, 3.8) is 0 Å². The van der Waals surface area contributed by atoms with Gasteiger partial charge < -0.3 is 9.47 Å². The van der Waals surface area contributed by atoms with Crippen molar-refractivity contribution in [2.24, 2.45) is 0 Å². The molecule has 0 atom stereocenters. The van der Waals surface area contributed by atoms with E-state index < -0.39 is 15.5 Å². The van der Waals surface area contributed by atoms with Gasteiger partial charge >= 0.3 is 5.69 Å². The Morgan fingerprint density at radius 1 is 0.824 bits per heavy atom. The lowest BCUT2D eigenvalue weighted by molar-refractivity contribution is -0.394. The topological polar surface area (TPSA) is 118 Å². The van der Waals surface area contributed by atoms with Gasteiger partial charge in [-0.3, -0.25) is 20.2 Å². The lowest BCUT2D eigenvalue weighted by Gasteiger charge is -2.12. The van der Waals surface area contributed by atoms with E-state index in [-0.39, 0.29) is 11.4 Å². The summed E-state index contributed by atoms with van der Waals surface area (Å²) in [4.78, 5) is 25.1. The van der Waals surface area contributed by atoms with Gasteiger partial charge in [-0.15, -0.1) is 0 Å². The summed E-state index contributed by atoms with van der Waals surface area (Å²) >= 11 is 1.48. The lowest BCUT2D eigenvalue weighted by Crippen LogP contribution is -1.96. The minimum absolute atomic E-state index is 0.0846. The summed E-state index contributed by atoms with van der Waals surface area (Å²) in [5.41, 5.74) is 0.871. The van der Waals surface area contributed by atoms with Gasteiger partial charge in [0.15, 0.2) is 0 Å². The van der Waals surface area contributed by atoms with E-state index in [0.29, 0.717) is 17.4 Å². The van der Waals surface area contributed by atoms with Gasteiger partial charge in [0, 0.05) is 17.8 Å². The van der Waals surface area contributed by atoms with Gasteiger partial charge in [-0.05, 0) is 42.0 Å². The molecule has 10 heteroatoms. The smallest absolute Gasteiger partial charge is 0.318 e. The van der Waals surface area contributed by atoms with E-state index in [2.05, 4.69) is 4.98 Å². The number of non-ortho nitro benzene ring substituents is 1. The second kappa shape index (κ2) is 10.5. The van der Waals surface area contributed by atoms with Crippen LogP contribution in [0.3, 0.4) is 0 Å². The SMILES string of the molecule is O=[N+]([O-])c1ccc(Oc2ccc(-c3ccccc3OCSc3ccccn3)cc2)c([N+](=O)[O-])c1. The van der Waals surface area contributed by atoms with E-state index in [4.69, 9.17) is 9.47 Å². The number of para-hydroxylation sites is 1. The molecule has 0 aliphatic rings. The summed E-state index contributed by atoms with van der Waals surface area (Å²) in [6.45, 7) is 0. The van der Waals surface area contributed by atoms with Gasteiger partial charge in [-0.2, -0.15) is 0 Å². The molecule has 0 unspecified atom stereocenters. The summed E-state index contributed by atoms with van der Waals surface area (Å²) in [7, 11) is 0. The number of benzene rings is 3. The third-order valence-electron chi connectivity index (χ3n) is 4.69. The average molecular weight is 475 g/mol. The Labute approximate surface area is 198 Å². The first-order valence-electron chi connectivity index (χ1n) is 9.98. The third-order valence-corrected chi connectivity index (χ3v) is 5.46. The van der Waals surface area contributed by atoms with Crippen LogP contribution in [0.1, 0.15) is 0 Å². The fraction of sp³-hybridized carbons (Fsp3) is 0.0417. The summed E-state index contributed by atoms with van der Waals surface area (Å²) < 4.78 is 11.6. The van der Waals surface area contributed by atoms with Crippen molar-refractivity contribution < 1.29 is 19.3 Å². The van der Waals surface area contributed by atoms with Crippen molar-refractivity contribution in [2.75, 3.05) is 5.94 Å². The van der Waals surface area contributed by atoms with Gasteiger partial charge in [-0.25, -0.2) is 4.98 Å². The molecule has 0 N–H and O–H groups in total. The third kappa shape index (κ3) is 5.48. The maximum atomic E-state index is 11.3. The summed E-state index contributed by atoms with van der Waals surface area (Å²) in [5, 5.41) is 23.1. The largest absolute Gasteiger partial charge is 0.482 e. The predicted molar refractivity (Wildman–Crippen MR) is 127 cm³/mol. The Morgan fingerprint density at radius 3 is 2.29 bits per heavy atom. The number of nitro benzene ring substituents is 2. The molecular weight excluding hydrogens is 458 g/mol. The highest BCUT2D eigenvalue weighted by molar-refractivity contribution is 7.99. The minimum Gasteiger partial charge on any atom is -0.482 e. The van der Waals surface area contributed by atoms with E-state index in [1.54, 1.807) is 30.5 Å². The number of hydrogen-bond acceptors (Lipinski definition) is 8. The van der Waals surface area contributed by atoms with Gasteiger partial charge in [0.2, 0.25) is 5.75 Å². The quantitative estimate of drug-likeness (QED) is 0.117. The zero-order valence-corrected chi connectivity index (χ0v) is 18.4. The normalized spacial score (nSPS) is 10.5. The molecule has 0 aliphatic carbocycles. The number of nitrogens with zero attached hydrogens (tertiary/aromatic N) is 3. The van der Waals surface area contributed by atoms with Crippen LogP contribution in [0.2, 0.25) is 0 Å². The van der Waals surface area contributed by atoms with Crippen molar-refractivity contribution in [2.45, 2.75) is 5.03 Å². The van der Waals surface area contributed by atoms with Crippen LogP contribution in [0.15, 0.2) is 96.2 Å². The summed E-state index contributed by atoms with van der Waals surface area (Å²) in [6.07, 6.45) is 1.73. The molecular formula is C24H17N3O6S. The van der Waals surface area contributed by atoms with Gasteiger partial charge in [0.05, 0.1) is 20.9 Å². The number of aromatic nitrogens is 1. The number of ether oxygens (including phenoxy) is 2. The Balaban J connectivity index is 1.49. The molecule has 3 aromatic carbocycles. The first-order chi connectivity index (χ1) is 16.5. The minimum atomic E-state index is -0.715. The van der Waals surface area contributed by atoms with Crippen molar-refractivity contribution >= 4 is 23.1 Å². The van der Waals surface area contributed by atoms with E-state index in [9.17, 15) is 20.2 Å². The van der Waals surface area contributed by atoms with Crippen molar-refractivity contribution in [3.8, 4) is 28.4 Å². The number of nitro groups is 2. The monoisotopic (exact) mass is 475 g/mol. The maximum Gasteiger partial charge on any atom is 0.318 e. The molecule has 0 aliphatic heterocycles. The highest BCUT2D eigenvalue weighted by Crippen LogP contribution is 2.36. The fourth-order valence-electron chi connectivity index (χ4n) is 3.09. The molecule has 0 fully saturated rings. The summed E-state index contributed by atoms with van der Waals surface area (Å²) in [5.74, 6) is 1.35. The van der Waals surface area contributed by atoms with Crippen LogP contribution in [0, 0.1) is 20.2 Å². The Morgan fingerprint density at radius 2 is 1.59 bits per heavy atom. The molecule has 0 saturated carbocycles.